The van der Waals surface area contributed by atoms with E-state index in [1.54, 1.807) is 81.9 Å². The van der Waals surface area contributed by atoms with Crippen molar-refractivity contribution in [2.45, 2.75) is 307 Å². The number of carbonyl (C=O) groups excluding carboxylic acids is 3. The molecule has 28 nitrogen and oxygen atoms in total. The van der Waals surface area contributed by atoms with Crippen LogP contribution in [0.4, 0.5) is 0 Å². The molecule has 9 heterocycles. The average Bonchev–Trinajstić information content (AvgIpc) is 0.846. The summed E-state index contributed by atoms with van der Waals surface area (Å²) in [6, 6.07) is 23.8. The fraction of sp³-hybridized carbons (Fsp3) is 0.685. The van der Waals surface area contributed by atoms with E-state index < -0.39 is 35.3 Å². The number of esters is 3. The Morgan fingerprint density at radius 2 is 0.754 bits per heavy atom. The van der Waals surface area contributed by atoms with Crippen LogP contribution in [0.2, 0.25) is 6.82 Å². The van der Waals surface area contributed by atoms with Gasteiger partial charge in [0.2, 0.25) is 0 Å². The van der Waals surface area contributed by atoms with Crippen LogP contribution in [0.25, 0.3) is 0 Å². The van der Waals surface area contributed by atoms with Gasteiger partial charge in [0.05, 0.1) is 80.1 Å². The lowest BCUT2D eigenvalue weighted by molar-refractivity contribution is -0.161. The van der Waals surface area contributed by atoms with Crippen LogP contribution < -0.4 is 54.6 Å². The Labute approximate surface area is 829 Å². The molecule has 16 atom stereocenters. The van der Waals surface area contributed by atoms with E-state index >= 15 is 0 Å². The number of rotatable bonds is 28. The minimum atomic E-state index is -4.02. The third-order valence-electron chi connectivity index (χ3n) is 28.0. The summed E-state index contributed by atoms with van der Waals surface area (Å²) in [6.07, 6.45) is 13.8. The summed E-state index contributed by atoms with van der Waals surface area (Å²) in [7, 11) is 8.58. The molecule has 5 aromatic carbocycles. The number of aliphatic hydroxyl groups excluding tert-OH is 1. The van der Waals surface area contributed by atoms with Gasteiger partial charge in [0.25, 0.3) is 10.1 Å². The molecule has 0 radical (unpaired) electrons. The van der Waals surface area contributed by atoms with E-state index in [2.05, 4.69) is 136 Å². The zero-order valence-corrected chi connectivity index (χ0v) is 87.4. The van der Waals surface area contributed by atoms with E-state index in [0.717, 1.165) is 188 Å². The van der Waals surface area contributed by atoms with E-state index in [0.29, 0.717) is 53.6 Å². The molecule has 5 saturated heterocycles. The maximum atomic E-state index is 13.2. The van der Waals surface area contributed by atoms with Crippen molar-refractivity contribution in [3.63, 3.8) is 0 Å². The minimum Gasteiger partial charge on any atom is -0.493 e. The molecular weight excluding hydrogens is 1770 g/mol. The second-order valence-corrected chi connectivity index (χ2v) is 42.5. The fourth-order valence-corrected chi connectivity index (χ4v) is 21.3. The predicted molar refractivity (Wildman–Crippen MR) is 548 cm³/mol. The number of ether oxygens (including phenoxy) is 12. The van der Waals surface area contributed by atoms with Crippen LogP contribution >= 0.6 is 0 Å². The van der Waals surface area contributed by atoms with Crippen molar-refractivity contribution in [1.82, 2.24) is 24.8 Å². The number of fused-ring (bicyclic) bond motifs is 12. The van der Waals surface area contributed by atoms with Gasteiger partial charge < -0.3 is 83.7 Å². The minimum absolute atomic E-state index is 0. The van der Waals surface area contributed by atoms with Gasteiger partial charge in [0, 0.05) is 127 Å². The highest BCUT2D eigenvalue weighted by Gasteiger charge is 2.47. The second kappa shape index (κ2) is 56.1. The summed E-state index contributed by atoms with van der Waals surface area (Å²) in [5, 5.41) is 30.7. The van der Waals surface area contributed by atoms with E-state index in [1.165, 1.54) is 76.4 Å². The monoisotopic (exact) mass is 1950 g/mol. The highest BCUT2D eigenvalue weighted by Crippen LogP contribution is 2.50. The third-order valence-corrected chi connectivity index (χ3v) is 28.8. The number of hydrogen-bond acceptors (Lipinski definition) is 27. The van der Waals surface area contributed by atoms with Gasteiger partial charge in [-0.3, -0.25) is 38.5 Å². The largest absolute Gasteiger partial charge is 0.493 e. The standard InChI is InChI=1S/C25H41BN2O5.2C24H38N2O4.C19H29NO3.C7H8O3S.C5H10O.C2H3N.2CH4/c1-15(2)10-18-14-28-9-8-17-11-22(31-6)23(32-7)12-19(17)20(28)13-21(18)33-25(29)24(16(3)4)27-26(5)30;2*1-14(2)9-17-13-26-8-7-16-10-21(28-5)22(29-6)11-18(16)19(26)12-20(17)30-24(27)23(25)15(3)4;1-12(2)7-14-11-20-6-5-13-8-18(22-3)19(23-4)9-15(13)16(20)10-17(14)21;1-6-2-4-7(5-3-6)11(8,9)10;1-5-3-2-4-6-5;1-2-3;;/h11-12,15-16,18,20-21,24,27,30H,8-10,13-14H2,1-7H3;2*10-11,14-15,17,19-20,23H,7-9,12-13,25H2,1-6H3;8-9,12,14,16-17,21H,5-7,10-11H2,1-4H3;2-5H,1H3,(H,8,9,10);5H,2-4H2,1H3;1H3;2*1H4/t18-,20-,21-,24+;2*17-,19-,20-,23+;14-,16-,17-;;;;;/m1111...../s1. The summed E-state index contributed by atoms with van der Waals surface area (Å²) in [6.45, 7) is 45.4. The highest BCUT2D eigenvalue weighted by molar-refractivity contribution is 7.85. The van der Waals surface area contributed by atoms with Crippen molar-refractivity contribution in [3.05, 3.63) is 123 Å². The number of nitrogens with one attached hydrogen (secondary N) is 1. The van der Waals surface area contributed by atoms with Gasteiger partial charge in [0.15, 0.2) is 46.0 Å². The van der Waals surface area contributed by atoms with Crippen LogP contribution in [-0.2, 0) is 69.1 Å². The smallest absolute Gasteiger partial charge is 0.374 e. The normalized spacial score (nSPS) is 23.5. The number of piperidine rings is 4. The van der Waals surface area contributed by atoms with Crippen LogP contribution in [0.15, 0.2) is 77.7 Å². The van der Waals surface area contributed by atoms with Gasteiger partial charge in [-0.05, 0) is 244 Å². The zero-order chi connectivity index (χ0) is 100. The molecule has 14 rings (SSSR count). The summed E-state index contributed by atoms with van der Waals surface area (Å²) in [4.78, 5) is 48.6. The summed E-state index contributed by atoms with van der Waals surface area (Å²) < 4.78 is 97.1. The van der Waals surface area contributed by atoms with E-state index in [1.807, 2.05) is 48.5 Å². The summed E-state index contributed by atoms with van der Waals surface area (Å²) in [5.74, 6) is 8.99. The average molecular weight is 1950 g/mol. The molecule has 0 bridgehead atoms. The topological polar surface area (TPSA) is 358 Å². The van der Waals surface area contributed by atoms with Crippen molar-refractivity contribution < 1.29 is 94.3 Å². The molecule has 0 saturated carbocycles. The Morgan fingerprint density at radius 1 is 0.478 bits per heavy atom. The van der Waals surface area contributed by atoms with Crippen molar-refractivity contribution >= 4 is 35.1 Å². The maximum absolute atomic E-state index is 13.2. The van der Waals surface area contributed by atoms with Crippen molar-refractivity contribution in [2.75, 3.05) is 116 Å². The Morgan fingerprint density at radius 3 is 0.993 bits per heavy atom. The molecule has 0 spiro atoms. The van der Waals surface area contributed by atoms with Gasteiger partial charge in [0.1, 0.15) is 36.4 Å². The fourth-order valence-electron chi connectivity index (χ4n) is 20.9. The highest BCUT2D eigenvalue weighted by atomic mass is 32.2. The molecule has 5 fully saturated rings. The number of nitriles is 1. The van der Waals surface area contributed by atoms with Gasteiger partial charge in [-0.25, -0.2) is 0 Å². The molecule has 5 aromatic rings. The molecule has 776 valence electrons. The predicted octanol–water partition coefficient (Wildman–Crippen LogP) is 17.7. The SMILES string of the molecule is C.C.CC#N.CC1CCCO1.COc1cc2c(cc1OC)[C@H]1C[C@@H](O)[C@H](CC(C)C)CN1CC2.COc1cc2c(cc1OC)[C@H]1C[C@@H](OC(=O)[C@@H](N)C(C)C)[C@H](CC(C)C)CN1CC2.COc1cc2c(cc1OC)[C@H]1C[C@@H](OC(=O)[C@@H](N)C(C)C)[C@H](CC(C)C)CN1CC2.COc1cc2c(cc1OC)[C@H]1C[C@@H](OC(=O)[C@@H](NB(C)O)C(C)C)[C@H](CC(C)C)CN1CC2.Cc1ccc(S(=O)(=O)O)cc1. The quantitative estimate of drug-likeness (QED) is 0.0117. The lowest BCUT2D eigenvalue weighted by Crippen LogP contribution is -2.53. The molecule has 9 aliphatic rings. The lowest BCUT2D eigenvalue weighted by atomic mass is 9.79. The molecular formula is C108H175BN8O20S. The van der Waals surface area contributed by atoms with E-state index in [-0.39, 0.29) is 104 Å². The number of nitrogens with zero attached hydrogens (tertiary/aromatic N) is 5. The Kier molecular flexibility index (Phi) is 48.3. The molecule has 0 aromatic heterocycles. The Balaban J connectivity index is 0.000000264. The number of aliphatic hydroxyl groups is 1. The molecule has 9 aliphatic heterocycles. The molecule has 138 heavy (non-hydrogen) atoms. The lowest BCUT2D eigenvalue weighted by Gasteiger charge is -2.47. The first-order chi connectivity index (χ1) is 64.5. The van der Waals surface area contributed by atoms with Crippen molar-refractivity contribution in [3.8, 4) is 52.1 Å². The number of hydrogen-bond donors (Lipinski definition) is 6. The first-order valence-corrected chi connectivity index (χ1v) is 51.1. The maximum Gasteiger partial charge on any atom is 0.374 e. The van der Waals surface area contributed by atoms with Crippen molar-refractivity contribution in [1.29, 1.82) is 5.26 Å². The van der Waals surface area contributed by atoms with Gasteiger partial charge in [-0.2, -0.15) is 13.7 Å². The van der Waals surface area contributed by atoms with Crippen LogP contribution in [0, 0.1) is 83.4 Å². The van der Waals surface area contributed by atoms with Crippen LogP contribution in [0.5, 0.6) is 46.0 Å². The summed E-state index contributed by atoms with van der Waals surface area (Å²) in [5.41, 5.74) is 23.4. The van der Waals surface area contributed by atoms with Crippen LogP contribution in [0.1, 0.15) is 264 Å². The molecule has 1 unspecified atom stereocenters. The number of nitrogens with two attached hydrogens (primary N) is 2. The third kappa shape index (κ3) is 32.8. The number of methoxy groups -OCH3 is 8. The van der Waals surface area contributed by atoms with E-state index in [4.69, 9.17) is 78.1 Å². The Hall–Kier alpha value is -8.03. The summed E-state index contributed by atoms with van der Waals surface area (Å²) >= 11 is 0. The Bertz CT molecular complexity index is 4610. The van der Waals surface area contributed by atoms with Crippen LogP contribution in [0.3, 0.4) is 0 Å². The van der Waals surface area contributed by atoms with Gasteiger partial charge in [-0.1, -0.05) is 129 Å². The molecule has 8 N–H and O–H groups in total. The van der Waals surface area contributed by atoms with Crippen molar-refractivity contribution in [2.24, 2.45) is 76.6 Å². The first kappa shape index (κ1) is 119. The van der Waals surface area contributed by atoms with Crippen LogP contribution in [-0.4, -0.2) is 232 Å². The van der Waals surface area contributed by atoms with Gasteiger partial charge >= 0.3 is 25.0 Å². The number of benzene rings is 5. The number of carbonyl (C=O) groups is 3. The molecule has 0 amide bonds. The van der Waals surface area contributed by atoms with Gasteiger partial charge in [-0.15, -0.1) is 0 Å². The molecule has 30 heteroatoms. The molecule has 0 aliphatic carbocycles. The number of aryl methyl sites for hydroxylation is 1. The zero-order valence-electron chi connectivity index (χ0n) is 86.6. The first-order valence-electron chi connectivity index (χ1n) is 49.6. The van der Waals surface area contributed by atoms with E-state index in [9.17, 15) is 32.9 Å². The second-order valence-electron chi connectivity index (χ2n) is 41.1.